The normalized spacial score (nSPS) is 20.0. The molecule has 1 aromatic rings. The molecule has 1 aliphatic heterocycles. The van der Waals surface area contributed by atoms with Gasteiger partial charge in [-0.2, -0.15) is 13.2 Å². The average molecular weight is 358 g/mol. The summed E-state index contributed by atoms with van der Waals surface area (Å²) in [4.78, 5) is 25.5. The molecule has 1 heterocycles. The van der Waals surface area contributed by atoms with Crippen LogP contribution in [0.15, 0.2) is 18.2 Å². The standard InChI is InChI=1S/C17H21F3N2O3/c1-4-11-9-13(21-16(24)25-3)12-8-10(17(18,19)20)6-7-14(12)22(11)15(23)5-2/h6-8,11,13H,4-5,9H2,1-3H3,(H,21,24)/t11-,13+/m1/s1. The summed E-state index contributed by atoms with van der Waals surface area (Å²) in [6.45, 7) is 3.60. The van der Waals surface area contributed by atoms with Crippen LogP contribution in [-0.2, 0) is 15.7 Å². The number of nitrogens with one attached hydrogen (secondary N) is 1. The minimum absolute atomic E-state index is 0.163. The number of fused-ring (bicyclic) bond motifs is 1. The van der Waals surface area contributed by atoms with Gasteiger partial charge in [0.05, 0.1) is 18.7 Å². The number of amides is 2. The van der Waals surface area contributed by atoms with Crippen LogP contribution in [0.25, 0.3) is 0 Å². The summed E-state index contributed by atoms with van der Waals surface area (Å²) in [6.07, 6.45) is -4.05. The molecule has 0 aliphatic carbocycles. The van der Waals surface area contributed by atoms with Gasteiger partial charge in [-0.1, -0.05) is 13.8 Å². The minimum Gasteiger partial charge on any atom is -0.453 e. The molecule has 0 unspecified atom stereocenters. The van der Waals surface area contributed by atoms with Crippen LogP contribution in [-0.4, -0.2) is 25.2 Å². The summed E-state index contributed by atoms with van der Waals surface area (Å²) in [5, 5.41) is 2.58. The van der Waals surface area contributed by atoms with Crippen LogP contribution in [0.4, 0.5) is 23.7 Å². The van der Waals surface area contributed by atoms with Crippen molar-refractivity contribution in [1.82, 2.24) is 5.32 Å². The van der Waals surface area contributed by atoms with E-state index in [2.05, 4.69) is 10.1 Å². The van der Waals surface area contributed by atoms with Crippen molar-refractivity contribution in [3.8, 4) is 0 Å². The highest BCUT2D eigenvalue weighted by Crippen LogP contribution is 2.41. The molecule has 0 fully saturated rings. The van der Waals surface area contributed by atoms with Gasteiger partial charge in [0.25, 0.3) is 0 Å². The van der Waals surface area contributed by atoms with Crippen molar-refractivity contribution in [2.24, 2.45) is 0 Å². The molecule has 0 radical (unpaired) electrons. The van der Waals surface area contributed by atoms with Crippen molar-refractivity contribution in [3.05, 3.63) is 29.3 Å². The zero-order valence-corrected chi connectivity index (χ0v) is 14.3. The zero-order chi connectivity index (χ0) is 18.8. The van der Waals surface area contributed by atoms with Crippen molar-refractivity contribution in [2.75, 3.05) is 12.0 Å². The molecule has 1 aromatic carbocycles. The first-order chi connectivity index (χ1) is 11.7. The number of carbonyl (C=O) groups excluding carboxylic acids is 2. The lowest BCUT2D eigenvalue weighted by Gasteiger charge is -2.41. The number of anilines is 1. The van der Waals surface area contributed by atoms with Crippen LogP contribution in [0, 0.1) is 0 Å². The number of carbonyl (C=O) groups is 2. The fraction of sp³-hybridized carbons (Fsp3) is 0.529. The molecular weight excluding hydrogens is 337 g/mol. The second-order valence-corrected chi connectivity index (χ2v) is 5.87. The molecule has 0 aromatic heterocycles. The Morgan fingerprint density at radius 3 is 2.52 bits per heavy atom. The largest absolute Gasteiger partial charge is 0.453 e. The van der Waals surface area contributed by atoms with Gasteiger partial charge in [-0.15, -0.1) is 0 Å². The fourth-order valence-electron chi connectivity index (χ4n) is 3.13. The predicted octanol–water partition coefficient (Wildman–Crippen LogP) is 4.03. The van der Waals surface area contributed by atoms with E-state index in [0.29, 0.717) is 18.5 Å². The van der Waals surface area contributed by atoms with Gasteiger partial charge in [-0.05, 0) is 36.6 Å². The molecule has 2 rings (SSSR count). The first-order valence-corrected chi connectivity index (χ1v) is 8.10. The lowest BCUT2D eigenvalue weighted by molar-refractivity contribution is -0.137. The van der Waals surface area contributed by atoms with Crippen molar-refractivity contribution in [1.29, 1.82) is 0 Å². The molecule has 138 valence electrons. The summed E-state index contributed by atoms with van der Waals surface area (Å²) in [7, 11) is 1.19. The highest BCUT2D eigenvalue weighted by molar-refractivity contribution is 5.95. The van der Waals surface area contributed by atoms with Crippen LogP contribution in [0.5, 0.6) is 0 Å². The molecular formula is C17H21F3N2O3. The summed E-state index contributed by atoms with van der Waals surface area (Å²) in [6, 6.07) is 2.40. The molecule has 1 aliphatic rings. The number of benzene rings is 1. The number of methoxy groups -OCH3 is 1. The topological polar surface area (TPSA) is 58.6 Å². The average Bonchev–Trinajstić information content (AvgIpc) is 2.59. The first-order valence-electron chi connectivity index (χ1n) is 8.10. The van der Waals surface area contributed by atoms with Crippen molar-refractivity contribution < 1.29 is 27.5 Å². The number of alkyl carbamates (subject to hydrolysis) is 1. The van der Waals surface area contributed by atoms with Crippen LogP contribution in [0.1, 0.15) is 50.3 Å². The molecule has 0 spiro atoms. The third-order valence-electron chi connectivity index (χ3n) is 4.38. The van der Waals surface area contributed by atoms with E-state index in [0.717, 1.165) is 12.1 Å². The van der Waals surface area contributed by atoms with Gasteiger partial charge in [0.2, 0.25) is 5.91 Å². The van der Waals surface area contributed by atoms with E-state index in [1.165, 1.54) is 13.2 Å². The summed E-state index contributed by atoms with van der Waals surface area (Å²) in [5.74, 6) is -0.163. The Balaban J connectivity index is 2.56. The highest BCUT2D eigenvalue weighted by Gasteiger charge is 2.38. The molecule has 5 nitrogen and oxygen atoms in total. The van der Waals surface area contributed by atoms with Gasteiger partial charge in [0.1, 0.15) is 0 Å². The monoisotopic (exact) mass is 358 g/mol. The Labute approximate surface area is 144 Å². The Bertz CT molecular complexity index is 661. The SMILES string of the molecule is CCC(=O)N1c2ccc(C(F)(F)F)cc2[C@@H](NC(=O)OC)C[C@H]1CC. The molecule has 8 heteroatoms. The molecule has 0 bridgehead atoms. The molecule has 0 saturated heterocycles. The number of alkyl halides is 3. The summed E-state index contributed by atoms with van der Waals surface area (Å²) in [5.41, 5.74) is -0.146. The van der Waals surface area contributed by atoms with Crippen LogP contribution >= 0.6 is 0 Å². The van der Waals surface area contributed by atoms with Gasteiger partial charge in [0, 0.05) is 18.2 Å². The van der Waals surface area contributed by atoms with E-state index in [4.69, 9.17) is 0 Å². The molecule has 25 heavy (non-hydrogen) atoms. The number of ether oxygens (including phenoxy) is 1. The van der Waals surface area contributed by atoms with Gasteiger partial charge < -0.3 is 15.0 Å². The Morgan fingerprint density at radius 1 is 1.32 bits per heavy atom. The van der Waals surface area contributed by atoms with Gasteiger partial charge in [0.15, 0.2) is 0 Å². The van der Waals surface area contributed by atoms with E-state index < -0.39 is 23.9 Å². The van der Waals surface area contributed by atoms with Crippen molar-refractivity contribution >= 4 is 17.7 Å². The van der Waals surface area contributed by atoms with Crippen molar-refractivity contribution in [2.45, 2.75) is 51.4 Å². The second kappa shape index (κ2) is 7.33. The number of hydrogen-bond acceptors (Lipinski definition) is 3. The lowest BCUT2D eigenvalue weighted by Crippen LogP contribution is -2.47. The number of hydrogen-bond donors (Lipinski definition) is 1. The van der Waals surface area contributed by atoms with E-state index in [9.17, 15) is 22.8 Å². The quantitative estimate of drug-likeness (QED) is 0.888. The maximum absolute atomic E-state index is 13.1. The first kappa shape index (κ1) is 19.1. The third kappa shape index (κ3) is 3.88. The maximum Gasteiger partial charge on any atom is 0.416 e. The van der Waals surface area contributed by atoms with Crippen molar-refractivity contribution in [3.63, 3.8) is 0 Å². The summed E-state index contributed by atoms with van der Waals surface area (Å²) < 4.78 is 43.8. The minimum atomic E-state index is -4.51. The Hall–Kier alpha value is -2.25. The number of rotatable bonds is 3. The van der Waals surface area contributed by atoms with Crippen LogP contribution < -0.4 is 10.2 Å². The molecule has 2 atom stereocenters. The maximum atomic E-state index is 13.1. The van der Waals surface area contributed by atoms with Crippen LogP contribution in [0.2, 0.25) is 0 Å². The number of halogens is 3. The summed E-state index contributed by atoms with van der Waals surface area (Å²) >= 11 is 0. The highest BCUT2D eigenvalue weighted by atomic mass is 19.4. The predicted molar refractivity (Wildman–Crippen MR) is 86.2 cm³/mol. The van der Waals surface area contributed by atoms with Gasteiger partial charge >= 0.3 is 12.3 Å². The Kier molecular flexibility index (Phi) is 5.59. The van der Waals surface area contributed by atoms with E-state index in [1.54, 1.807) is 11.8 Å². The molecule has 2 amide bonds. The number of nitrogens with zero attached hydrogens (tertiary/aromatic N) is 1. The molecule has 1 N–H and O–H groups in total. The zero-order valence-electron chi connectivity index (χ0n) is 14.3. The fourth-order valence-corrected chi connectivity index (χ4v) is 3.13. The second-order valence-electron chi connectivity index (χ2n) is 5.87. The van der Waals surface area contributed by atoms with Gasteiger partial charge in [-0.3, -0.25) is 4.79 Å². The Morgan fingerprint density at radius 2 is 2.00 bits per heavy atom. The van der Waals surface area contributed by atoms with Gasteiger partial charge in [-0.25, -0.2) is 4.79 Å². The lowest BCUT2D eigenvalue weighted by atomic mass is 9.88. The molecule has 0 saturated carbocycles. The van der Waals surface area contributed by atoms with Crippen LogP contribution in [0.3, 0.4) is 0 Å². The van der Waals surface area contributed by atoms with E-state index >= 15 is 0 Å². The third-order valence-corrected chi connectivity index (χ3v) is 4.38. The van der Waals surface area contributed by atoms with E-state index in [-0.39, 0.29) is 23.9 Å². The van der Waals surface area contributed by atoms with E-state index in [1.807, 2.05) is 6.92 Å². The smallest absolute Gasteiger partial charge is 0.416 e.